The van der Waals surface area contributed by atoms with Crippen LogP contribution in [0.3, 0.4) is 0 Å². The highest BCUT2D eigenvalue weighted by molar-refractivity contribution is 6.30. The lowest BCUT2D eigenvalue weighted by molar-refractivity contribution is -0.123. The molecule has 2 fully saturated rings. The minimum absolute atomic E-state index is 0. The van der Waals surface area contributed by atoms with Gasteiger partial charge < -0.3 is 15.0 Å². The Balaban J connectivity index is 0.00000104. The molecule has 2 aliphatic rings. The highest BCUT2D eigenvalue weighted by Crippen LogP contribution is 2.58. The molecule has 0 radical (unpaired) electrons. The number of fused-ring (bicyclic) bond motifs is 1. The summed E-state index contributed by atoms with van der Waals surface area (Å²) in [6.07, 6.45) is 7.02. The molecule has 5 nitrogen and oxygen atoms in total. The first-order valence-electron chi connectivity index (χ1n) is 7.78. The zero-order chi connectivity index (χ0) is 15.2. The molecule has 1 spiro atoms. The lowest BCUT2D eigenvalue weighted by Crippen LogP contribution is -2.33. The summed E-state index contributed by atoms with van der Waals surface area (Å²) in [4.78, 5) is 16.8. The molecule has 1 saturated heterocycles. The first-order chi connectivity index (χ1) is 10.7. The van der Waals surface area contributed by atoms with Gasteiger partial charge in [0.2, 0.25) is 5.91 Å². The zero-order valence-corrected chi connectivity index (χ0v) is 15.5. The summed E-state index contributed by atoms with van der Waals surface area (Å²) >= 11 is 5.96. The minimum Gasteiger partial charge on any atom is -0.350 e. The molecule has 1 amide bonds. The molecule has 8 heteroatoms. The van der Waals surface area contributed by atoms with Crippen LogP contribution in [0.2, 0.25) is 5.02 Å². The average Bonchev–Trinajstić information content (AvgIpc) is 3.05. The van der Waals surface area contributed by atoms with E-state index in [1.54, 1.807) is 0 Å². The van der Waals surface area contributed by atoms with Crippen molar-refractivity contribution >= 4 is 48.0 Å². The molecule has 4 rings (SSSR count). The third-order valence-electron chi connectivity index (χ3n) is 5.01. The number of imidazole rings is 1. The lowest BCUT2D eigenvalue weighted by Gasteiger charge is -2.23. The molecule has 3 heterocycles. The molecule has 2 aromatic heterocycles. The van der Waals surface area contributed by atoms with E-state index in [0.29, 0.717) is 11.6 Å². The summed E-state index contributed by atoms with van der Waals surface area (Å²) in [5.41, 5.74) is 1.98. The highest BCUT2D eigenvalue weighted by atomic mass is 35.5. The number of halogens is 3. The molecule has 1 aliphatic carbocycles. The number of rotatable bonds is 3. The Hall–Kier alpha value is -1.01. The summed E-state index contributed by atoms with van der Waals surface area (Å²) in [7, 11) is 0. The molecule has 2 N–H and O–H groups in total. The van der Waals surface area contributed by atoms with E-state index in [1.165, 1.54) is 0 Å². The zero-order valence-electron chi connectivity index (χ0n) is 13.1. The number of hydrogen-bond donors (Lipinski definition) is 2. The Labute approximate surface area is 158 Å². The largest absolute Gasteiger partial charge is 0.350 e. The summed E-state index contributed by atoms with van der Waals surface area (Å²) in [5.74, 6) is 0.373. The van der Waals surface area contributed by atoms with Crippen LogP contribution in [0.4, 0.5) is 0 Å². The van der Waals surface area contributed by atoms with E-state index in [9.17, 15) is 4.79 Å². The van der Waals surface area contributed by atoms with Crippen molar-refractivity contribution < 1.29 is 4.79 Å². The summed E-state index contributed by atoms with van der Waals surface area (Å²) < 4.78 is 1.88. The van der Waals surface area contributed by atoms with Gasteiger partial charge in [0.1, 0.15) is 5.65 Å². The highest BCUT2D eigenvalue weighted by Gasteiger charge is 2.57. The van der Waals surface area contributed by atoms with Gasteiger partial charge in [0, 0.05) is 18.3 Å². The van der Waals surface area contributed by atoms with Crippen LogP contribution in [0.5, 0.6) is 0 Å². The Morgan fingerprint density at radius 1 is 1.33 bits per heavy atom. The Morgan fingerprint density at radius 3 is 2.83 bits per heavy atom. The van der Waals surface area contributed by atoms with Crippen molar-refractivity contribution in [1.82, 2.24) is 20.0 Å². The molecule has 0 aromatic carbocycles. The number of amides is 1. The van der Waals surface area contributed by atoms with Crippen LogP contribution in [0, 0.1) is 11.3 Å². The van der Waals surface area contributed by atoms with Gasteiger partial charge in [-0.15, -0.1) is 24.8 Å². The molecular weight excluding hydrogens is 371 g/mol. The van der Waals surface area contributed by atoms with Crippen LogP contribution < -0.4 is 10.6 Å². The standard InChI is InChI=1S/C16H19ClN4O.2ClH/c17-11-1-2-14-20-12(10-21(14)9-11)8-19-15(22)13-7-16(13)3-5-18-6-4-16;;/h1-2,9-10,13,18H,3-8H2,(H,19,22);2*1H. The Morgan fingerprint density at radius 2 is 2.08 bits per heavy atom. The predicted molar refractivity (Wildman–Crippen MR) is 99.2 cm³/mol. The molecule has 1 unspecified atom stereocenters. The fraction of sp³-hybridized carbons (Fsp3) is 0.500. The summed E-state index contributed by atoms with van der Waals surface area (Å²) in [6.45, 7) is 2.55. The van der Waals surface area contributed by atoms with Gasteiger partial charge in [-0.25, -0.2) is 4.98 Å². The van der Waals surface area contributed by atoms with Gasteiger partial charge >= 0.3 is 0 Å². The number of carbonyl (C=O) groups is 1. The van der Waals surface area contributed by atoms with Gasteiger partial charge in [-0.2, -0.15) is 0 Å². The Kier molecular flexibility index (Phi) is 6.02. The predicted octanol–water partition coefficient (Wildman–Crippen LogP) is 2.84. The average molecular weight is 392 g/mol. The van der Waals surface area contributed by atoms with Gasteiger partial charge in [-0.05, 0) is 49.9 Å². The third kappa shape index (κ3) is 3.64. The molecule has 24 heavy (non-hydrogen) atoms. The van der Waals surface area contributed by atoms with Gasteiger partial charge in [-0.1, -0.05) is 11.6 Å². The lowest BCUT2D eigenvalue weighted by atomic mass is 9.92. The number of aromatic nitrogens is 2. The monoisotopic (exact) mass is 390 g/mol. The van der Waals surface area contributed by atoms with Crippen LogP contribution >= 0.6 is 36.4 Å². The number of nitrogens with one attached hydrogen (secondary N) is 2. The van der Waals surface area contributed by atoms with Crippen LogP contribution in [0.25, 0.3) is 5.65 Å². The number of pyridine rings is 1. The number of hydrogen-bond acceptors (Lipinski definition) is 3. The molecule has 1 saturated carbocycles. The van der Waals surface area contributed by atoms with E-state index >= 15 is 0 Å². The van der Waals surface area contributed by atoms with E-state index in [0.717, 1.165) is 43.7 Å². The van der Waals surface area contributed by atoms with E-state index in [1.807, 2.05) is 28.9 Å². The number of nitrogens with zero attached hydrogens (tertiary/aromatic N) is 2. The molecular formula is C16H21Cl3N4O. The van der Waals surface area contributed by atoms with Crippen LogP contribution in [-0.4, -0.2) is 28.4 Å². The molecule has 132 valence electrons. The molecule has 1 aliphatic heterocycles. The van der Waals surface area contributed by atoms with E-state index in [2.05, 4.69) is 15.6 Å². The van der Waals surface area contributed by atoms with Crippen molar-refractivity contribution in [3.63, 3.8) is 0 Å². The van der Waals surface area contributed by atoms with Crippen LogP contribution in [0.1, 0.15) is 25.0 Å². The maximum atomic E-state index is 12.3. The van der Waals surface area contributed by atoms with Crippen molar-refractivity contribution in [2.45, 2.75) is 25.8 Å². The second-order valence-electron chi connectivity index (χ2n) is 6.43. The van der Waals surface area contributed by atoms with Gasteiger partial charge in [0.05, 0.1) is 17.3 Å². The summed E-state index contributed by atoms with van der Waals surface area (Å²) in [5, 5.41) is 7.07. The number of piperidine rings is 1. The quantitative estimate of drug-likeness (QED) is 0.846. The first kappa shape index (κ1) is 19.3. The van der Waals surface area contributed by atoms with Gasteiger partial charge in [0.25, 0.3) is 0 Å². The maximum absolute atomic E-state index is 12.3. The second kappa shape index (κ2) is 7.48. The van der Waals surface area contributed by atoms with Crippen molar-refractivity contribution in [3.05, 3.63) is 35.2 Å². The van der Waals surface area contributed by atoms with Crippen LogP contribution in [0.15, 0.2) is 24.5 Å². The smallest absolute Gasteiger partial charge is 0.224 e. The van der Waals surface area contributed by atoms with Crippen LogP contribution in [-0.2, 0) is 11.3 Å². The molecule has 2 aromatic rings. The summed E-state index contributed by atoms with van der Waals surface area (Å²) in [6, 6.07) is 3.69. The molecule has 0 bridgehead atoms. The fourth-order valence-electron chi connectivity index (χ4n) is 3.60. The normalized spacial score (nSPS) is 21.0. The van der Waals surface area contributed by atoms with Crippen molar-refractivity contribution in [2.24, 2.45) is 11.3 Å². The second-order valence-corrected chi connectivity index (χ2v) is 6.87. The topological polar surface area (TPSA) is 58.4 Å². The SMILES string of the molecule is Cl.Cl.O=C(NCc1cn2cc(Cl)ccc2n1)C1CC12CCNCC2. The molecule has 1 atom stereocenters. The van der Waals surface area contributed by atoms with Crippen molar-refractivity contribution in [2.75, 3.05) is 13.1 Å². The Bertz CT molecular complexity index is 727. The fourth-order valence-corrected chi connectivity index (χ4v) is 3.77. The number of carbonyl (C=O) groups excluding carboxylic acids is 1. The first-order valence-corrected chi connectivity index (χ1v) is 8.16. The third-order valence-corrected chi connectivity index (χ3v) is 5.24. The van der Waals surface area contributed by atoms with E-state index in [4.69, 9.17) is 11.6 Å². The van der Waals surface area contributed by atoms with Crippen molar-refractivity contribution in [1.29, 1.82) is 0 Å². The van der Waals surface area contributed by atoms with E-state index < -0.39 is 0 Å². The van der Waals surface area contributed by atoms with Gasteiger partial charge in [0.15, 0.2) is 0 Å². The van der Waals surface area contributed by atoms with Crippen molar-refractivity contribution in [3.8, 4) is 0 Å². The van der Waals surface area contributed by atoms with E-state index in [-0.39, 0.29) is 42.1 Å². The van der Waals surface area contributed by atoms with Gasteiger partial charge in [-0.3, -0.25) is 4.79 Å². The maximum Gasteiger partial charge on any atom is 0.224 e. The minimum atomic E-state index is 0.